The number of hydrogen-bond donors (Lipinski definition) is 0. The quantitative estimate of drug-likeness (QED) is 0.758. The van der Waals surface area contributed by atoms with E-state index in [0.717, 1.165) is 11.8 Å². The van der Waals surface area contributed by atoms with E-state index in [1.54, 1.807) is 11.1 Å². The molecule has 1 aliphatic heterocycles. The maximum Gasteiger partial charge on any atom is -0.00102 e. The Hall–Kier alpha value is -0.820. The third kappa shape index (κ3) is 3.04. The first-order valence-electron chi connectivity index (χ1n) is 8.92. The van der Waals surface area contributed by atoms with E-state index in [1.165, 1.54) is 51.7 Å². The van der Waals surface area contributed by atoms with Crippen molar-refractivity contribution in [1.29, 1.82) is 0 Å². The smallest absolute Gasteiger partial charge is 0.00102 e. The lowest BCUT2D eigenvalue weighted by atomic mass is 9.62. The van der Waals surface area contributed by atoms with Gasteiger partial charge >= 0.3 is 0 Å². The van der Waals surface area contributed by atoms with Crippen molar-refractivity contribution in [2.45, 2.75) is 64.2 Å². The minimum atomic E-state index is 0.497. The van der Waals surface area contributed by atoms with E-state index in [-0.39, 0.29) is 0 Å². The van der Waals surface area contributed by atoms with Crippen molar-refractivity contribution in [2.24, 2.45) is 5.92 Å². The number of rotatable bonds is 3. The summed E-state index contributed by atoms with van der Waals surface area (Å²) >= 11 is 0. The highest BCUT2D eigenvalue weighted by atomic mass is 15.1. The van der Waals surface area contributed by atoms with Gasteiger partial charge in [0.2, 0.25) is 0 Å². The van der Waals surface area contributed by atoms with Crippen LogP contribution in [0.2, 0.25) is 0 Å². The van der Waals surface area contributed by atoms with Gasteiger partial charge in [-0.2, -0.15) is 0 Å². The maximum atomic E-state index is 2.70. The summed E-state index contributed by atoms with van der Waals surface area (Å²) < 4.78 is 0. The Morgan fingerprint density at radius 1 is 1.14 bits per heavy atom. The molecule has 1 atom stereocenters. The summed E-state index contributed by atoms with van der Waals surface area (Å²) in [6, 6.07) is 9.29. The first kappa shape index (κ1) is 15.1. The number of nitrogens with zero attached hydrogens (tertiary/aromatic N) is 1. The highest BCUT2D eigenvalue weighted by Gasteiger charge is 2.40. The number of hydrogen-bond acceptors (Lipinski definition) is 1. The van der Waals surface area contributed by atoms with Crippen LogP contribution >= 0.6 is 0 Å². The van der Waals surface area contributed by atoms with Crippen molar-refractivity contribution in [2.75, 3.05) is 19.6 Å². The SMILES string of the molecule is CC(C)CCN1CCC2(CCC(C)c3ccccc32)CC1. The van der Waals surface area contributed by atoms with Gasteiger partial charge in [-0.1, -0.05) is 45.0 Å². The molecule has 1 saturated heterocycles. The fourth-order valence-corrected chi connectivity index (χ4v) is 4.36. The Morgan fingerprint density at radius 3 is 2.57 bits per heavy atom. The van der Waals surface area contributed by atoms with Crippen molar-refractivity contribution < 1.29 is 0 Å². The average Bonchev–Trinajstić information content (AvgIpc) is 2.51. The molecule has 0 radical (unpaired) electrons. The Kier molecular flexibility index (Phi) is 4.40. The van der Waals surface area contributed by atoms with Crippen molar-refractivity contribution >= 4 is 0 Å². The van der Waals surface area contributed by atoms with E-state index in [2.05, 4.69) is 49.9 Å². The number of benzene rings is 1. The van der Waals surface area contributed by atoms with Crippen LogP contribution in [0.25, 0.3) is 0 Å². The van der Waals surface area contributed by atoms with E-state index in [0.29, 0.717) is 5.41 Å². The first-order valence-corrected chi connectivity index (χ1v) is 8.92. The third-order valence-electron chi connectivity index (χ3n) is 5.95. The molecule has 1 fully saturated rings. The van der Waals surface area contributed by atoms with E-state index in [1.807, 2.05) is 0 Å². The van der Waals surface area contributed by atoms with Crippen LogP contribution in [0.4, 0.5) is 0 Å². The topological polar surface area (TPSA) is 3.24 Å². The van der Waals surface area contributed by atoms with Crippen molar-refractivity contribution in [1.82, 2.24) is 4.90 Å². The molecule has 21 heavy (non-hydrogen) atoms. The summed E-state index contributed by atoms with van der Waals surface area (Å²) in [5.41, 5.74) is 3.82. The molecule has 0 amide bonds. The number of likely N-dealkylation sites (tertiary alicyclic amines) is 1. The van der Waals surface area contributed by atoms with Crippen LogP contribution in [0.1, 0.15) is 69.9 Å². The summed E-state index contributed by atoms with van der Waals surface area (Å²) in [5, 5.41) is 0. The lowest BCUT2D eigenvalue weighted by Gasteiger charge is -2.47. The van der Waals surface area contributed by atoms with Gasteiger partial charge in [-0.15, -0.1) is 0 Å². The second kappa shape index (κ2) is 6.12. The van der Waals surface area contributed by atoms with E-state index in [4.69, 9.17) is 0 Å². The minimum absolute atomic E-state index is 0.497. The zero-order chi connectivity index (χ0) is 14.9. The summed E-state index contributed by atoms with van der Waals surface area (Å²) in [5.74, 6) is 1.59. The van der Waals surface area contributed by atoms with Gasteiger partial charge in [0, 0.05) is 0 Å². The first-order chi connectivity index (χ1) is 10.1. The fraction of sp³-hybridized carbons (Fsp3) is 0.700. The molecule has 1 aliphatic carbocycles. The van der Waals surface area contributed by atoms with Gasteiger partial charge < -0.3 is 4.90 Å². The molecule has 0 bridgehead atoms. The molecule has 2 aliphatic rings. The summed E-state index contributed by atoms with van der Waals surface area (Å²) in [4.78, 5) is 2.70. The van der Waals surface area contributed by atoms with Gasteiger partial charge in [0.05, 0.1) is 0 Å². The second-order valence-electron chi connectivity index (χ2n) is 7.83. The van der Waals surface area contributed by atoms with Crippen LogP contribution in [-0.4, -0.2) is 24.5 Å². The lowest BCUT2D eigenvalue weighted by Crippen LogP contribution is -2.45. The van der Waals surface area contributed by atoms with Gasteiger partial charge in [-0.05, 0) is 80.1 Å². The molecule has 1 aromatic rings. The molecular formula is C20H31N. The molecule has 1 unspecified atom stereocenters. The zero-order valence-corrected chi connectivity index (χ0v) is 14.1. The Balaban J connectivity index is 1.72. The molecule has 116 valence electrons. The molecular weight excluding hydrogens is 254 g/mol. The van der Waals surface area contributed by atoms with Crippen LogP contribution in [0.5, 0.6) is 0 Å². The Bertz CT molecular complexity index is 468. The Morgan fingerprint density at radius 2 is 1.86 bits per heavy atom. The third-order valence-corrected chi connectivity index (χ3v) is 5.95. The van der Waals surface area contributed by atoms with E-state index in [9.17, 15) is 0 Å². The largest absolute Gasteiger partial charge is 0.303 e. The van der Waals surface area contributed by atoms with Crippen LogP contribution in [-0.2, 0) is 5.41 Å². The molecule has 0 saturated carbocycles. The van der Waals surface area contributed by atoms with Crippen molar-refractivity contribution in [3.05, 3.63) is 35.4 Å². The second-order valence-corrected chi connectivity index (χ2v) is 7.83. The standard InChI is InChI=1S/C20H31N/c1-16(2)9-13-21-14-11-20(12-15-21)10-8-17(3)18-6-4-5-7-19(18)20/h4-7,16-17H,8-15H2,1-3H3. The number of piperidine rings is 1. The van der Waals surface area contributed by atoms with Crippen LogP contribution in [0.3, 0.4) is 0 Å². The van der Waals surface area contributed by atoms with Gasteiger partial charge in [-0.25, -0.2) is 0 Å². The monoisotopic (exact) mass is 285 g/mol. The van der Waals surface area contributed by atoms with Crippen LogP contribution in [0.15, 0.2) is 24.3 Å². The molecule has 0 N–H and O–H groups in total. The summed E-state index contributed by atoms with van der Waals surface area (Å²) in [6.45, 7) is 11.0. The fourth-order valence-electron chi connectivity index (χ4n) is 4.36. The average molecular weight is 285 g/mol. The summed E-state index contributed by atoms with van der Waals surface area (Å²) in [7, 11) is 0. The molecule has 3 rings (SSSR count). The summed E-state index contributed by atoms with van der Waals surface area (Å²) in [6.07, 6.45) is 6.87. The molecule has 1 heteroatoms. The van der Waals surface area contributed by atoms with Gasteiger partial charge in [0.25, 0.3) is 0 Å². The normalized spacial score (nSPS) is 25.2. The van der Waals surface area contributed by atoms with Crippen LogP contribution in [0, 0.1) is 5.92 Å². The van der Waals surface area contributed by atoms with Gasteiger partial charge in [0.1, 0.15) is 0 Å². The zero-order valence-electron chi connectivity index (χ0n) is 14.1. The van der Waals surface area contributed by atoms with Gasteiger partial charge in [0.15, 0.2) is 0 Å². The molecule has 1 aromatic carbocycles. The van der Waals surface area contributed by atoms with Crippen molar-refractivity contribution in [3.8, 4) is 0 Å². The van der Waals surface area contributed by atoms with E-state index < -0.39 is 0 Å². The highest BCUT2D eigenvalue weighted by molar-refractivity contribution is 5.39. The Labute approximate surface area is 130 Å². The van der Waals surface area contributed by atoms with E-state index >= 15 is 0 Å². The molecule has 0 aromatic heterocycles. The minimum Gasteiger partial charge on any atom is -0.303 e. The van der Waals surface area contributed by atoms with Gasteiger partial charge in [-0.3, -0.25) is 0 Å². The molecule has 1 spiro atoms. The molecule has 1 nitrogen and oxygen atoms in total. The predicted molar refractivity (Wildman–Crippen MR) is 90.9 cm³/mol. The molecule has 1 heterocycles. The highest BCUT2D eigenvalue weighted by Crippen LogP contribution is 2.48. The predicted octanol–water partition coefficient (Wildman–Crippen LogP) is 4.96. The lowest BCUT2D eigenvalue weighted by molar-refractivity contribution is 0.137. The maximum absolute atomic E-state index is 2.70. The van der Waals surface area contributed by atoms with Crippen molar-refractivity contribution in [3.63, 3.8) is 0 Å². The van der Waals surface area contributed by atoms with Crippen LogP contribution < -0.4 is 0 Å². The number of fused-ring (bicyclic) bond motifs is 2.